The van der Waals surface area contributed by atoms with Crippen LogP contribution in [0, 0.1) is 11.8 Å². The normalized spacial score (nSPS) is 21.2. The lowest BCUT2D eigenvalue weighted by Crippen LogP contribution is -2.24. The molecule has 1 N–H and O–H groups in total. The first-order valence-corrected chi connectivity index (χ1v) is 8.04. The number of halogens is 1. The highest BCUT2D eigenvalue weighted by Gasteiger charge is 2.27. The Hall–Kier alpha value is -0.540. The van der Waals surface area contributed by atoms with Crippen molar-refractivity contribution in [3.63, 3.8) is 0 Å². The van der Waals surface area contributed by atoms with Crippen molar-refractivity contribution in [1.29, 1.82) is 0 Å². The molecule has 1 aliphatic heterocycles. The minimum absolute atomic E-state index is 0.390. The van der Waals surface area contributed by atoms with E-state index in [4.69, 9.17) is 0 Å². The molecule has 1 aliphatic rings. The quantitative estimate of drug-likeness (QED) is 0.892. The smallest absolute Gasteiger partial charge is 0.0426 e. The summed E-state index contributed by atoms with van der Waals surface area (Å²) in [4.78, 5) is 2.55. The standard InChI is InChI=1S/C16H25BrN2/c1-11(2)13-7-8-19(10-13)16-9-14(17)5-6-15(16)12(3)18-4/h5-6,9,11-13,18H,7-8,10H2,1-4H3. The van der Waals surface area contributed by atoms with Crippen molar-refractivity contribution < 1.29 is 0 Å². The molecule has 19 heavy (non-hydrogen) atoms. The number of hydrogen-bond acceptors (Lipinski definition) is 2. The van der Waals surface area contributed by atoms with E-state index in [-0.39, 0.29) is 0 Å². The van der Waals surface area contributed by atoms with Gasteiger partial charge in [0.25, 0.3) is 0 Å². The van der Waals surface area contributed by atoms with E-state index in [1.807, 2.05) is 7.05 Å². The van der Waals surface area contributed by atoms with Crippen LogP contribution in [-0.2, 0) is 0 Å². The summed E-state index contributed by atoms with van der Waals surface area (Å²) in [5.41, 5.74) is 2.79. The number of rotatable bonds is 4. The highest BCUT2D eigenvalue weighted by atomic mass is 79.9. The molecule has 0 radical (unpaired) electrons. The summed E-state index contributed by atoms with van der Waals surface area (Å²) < 4.78 is 1.17. The van der Waals surface area contributed by atoms with Crippen LogP contribution in [0.5, 0.6) is 0 Å². The molecule has 3 heteroatoms. The summed E-state index contributed by atoms with van der Waals surface area (Å²) in [6.45, 7) is 9.28. The third-order valence-corrected chi connectivity index (χ3v) is 4.89. The Labute approximate surface area is 125 Å². The zero-order valence-electron chi connectivity index (χ0n) is 12.4. The molecule has 2 atom stereocenters. The molecule has 0 bridgehead atoms. The summed E-state index contributed by atoms with van der Waals surface area (Å²) in [6, 6.07) is 7.04. The van der Waals surface area contributed by atoms with Crippen molar-refractivity contribution in [3.8, 4) is 0 Å². The summed E-state index contributed by atoms with van der Waals surface area (Å²) >= 11 is 3.61. The highest BCUT2D eigenvalue weighted by molar-refractivity contribution is 9.10. The van der Waals surface area contributed by atoms with Gasteiger partial charge >= 0.3 is 0 Å². The third kappa shape index (κ3) is 3.32. The molecule has 0 aliphatic carbocycles. The van der Waals surface area contributed by atoms with Crippen molar-refractivity contribution >= 4 is 21.6 Å². The average molecular weight is 325 g/mol. The average Bonchev–Trinajstić information content (AvgIpc) is 2.87. The Bertz CT molecular complexity index is 431. The van der Waals surface area contributed by atoms with Gasteiger partial charge in [0.1, 0.15) is 0 Å². The topological polar surface area (TPSA) is 15.3 Å². The molecule has 1 fully saturated rings. The molecule has 106 valence electrons. The third-order valence-electron chi connectivity index (χ3n) is 4.40. The minimum atomic E-state index is 0.390. The number of nitrogens with zero attached hydrogens (tertiary/aromatic N) is 1. The van der Waals surface area contributed by atoms with Crippen LogP contribution in [0.4, 0.5) is 5.69 Å². The van der Waals surface area contributed by atoms with Gasteiger partial charge in [0.05, 0.1) is 0 Å². The SMILES string of the molecule is CNC(C)c1ccc(Br)cc1N1CCC(C(C)C)C1. The molecule has 2 nitrogen and oxygen atoms in total. The van der Waals surface area contributed by atoms with Gasteiger partial charge in [-0.05, 0) is 49.9 Å². The van der Waals surface area contributed by atoms with Gasteiger partial charge in [0.15, 0.2) is 0 Å². The maximum absolute atomic E-state index is 3.61. The second kappa shape index (κ2) is 6.27. The second-order valence-corrected chi connectivity index (χ2v) is 6.87. The maximum atomic E-state index is 3.61. The van der Waals surface area contributed by atoms with Crippen LogP contribution < -0.4 is 10.2 Å². The lowest BCUT2D eigenvalue weighted by atomic mass is 9.95. The van der Waals surface area contributed by atoms with Crippen LogP contribution in [0.3, 0.4) is 0 Å². The Kier molecular flexibility index (Phi) is 4.91. The first-order valence-electron chi connectivity index (χ1n) is 7.24. The Balaban J connectivity index is 2.26. The molecule has 1 aromatic rings. The van der Waals surface area contributed by atoms with Crippen LogP contribution in [0.1, 0.15) is 38.8 Å². The lowest BCUT2D eigenvalue weighted by molar-refractivity contribution is 0.422. The van der Waals surface area contributed by atoms with Crippen molar-refractivity contribution in [2.24, 2.45) is 11.8 Å². The van der Waals surface area contributed by atoms with E-state index < -0.39 is 0 Å². The monoisotopic (exact) mass is 324 g/mol. The molecule has 0 spiro atoms. The van der Waals surface area contributed by atoms with Crippen molar-refractivity contribution in [2.45, 2.75) is 33.2 Å². The van der Waals surface area contributed by atoms with Gasteiger partial charge in [0, 0.05) is 29.3 Å². The maximum Gasteiger partial charge on any atom is 0.0426 e. The van der Waals surface area contributed by atoms with Gasteiger partial charge in [-0.15, -0.1) is 0 Å². The fourth-order valence-corrected chi connectivity index (χ4v) is 3.21. The van der Waals surface area contributed by atoms with E-state index in [9.17, 15) is 0 Å². The highest BCUT2D eigenvalue weighted by Crippen LogP contribution is 2.34. The van der Waals surface area contributed by atoms with Crippen molar-refractivity contribution in [3.05, 3.63) is 28.2 Å². The molecular formula is C16H25BrN2. The van der Waals surface area contributed by atoms with E-state index in [1.54, 1.807) is 0 Å². The predicted molar refractivity (Wildman–Crippen MR) is 86.8 cm³/mol. The predicted octanol–water partition coefficient (Wildman–Crippen LogP) is 4.21. The van der Waals surface area contributed by atoms with Crippen LogP contribution in [0.15, 0.2) is 22.7 Å². The zero-order valence-corrected chi connectivity index (χ0v) is 14.0. The van der Waals surface area contributed by atoms with Gasteiger partial charge in [-0.25, -0.2) is 0 Å². The van der Waals surface area contributed by atoms with E-state index in [1.165, 1.54) is 35.2 Å². The number of hydrogen-bond donors (Lipinski definition) is 1. The van der Waals surface area contributed by atoms with E-state index in [2.05, 4.69) is 65.1 Å². The van der Waals surface area contributed by atoms with E-state index in [0.717, 1.165) is 11.8 Å². The molecular weight excluding hydrogens is 300 g/mol. The van der Waals surface area contributed by atoms with Crippen LogP contribution in [0.2, 0.25) is 0 Å². The van der Waals surface area contributed by atoms with Gasteiger partial charge in [-0.1, -0.05) is 35.8 Å². The molecule has 1 heterocycles. The van der Waals surface area contributed by atoms with Crippen molar-refractivity contribution in [2.75, 3.05) is 25.0 Å². The van der Waals surface area contributed by atoms with Gasteiger partial charge in [0.2, 0.25) is 0 Å². The fourth-order valence-electron chi connectivity index (χ4n) is 2.86. The van der Waals surface area contributed by atoms with Crippen LogP contribution in [-0.4, -0.2) is 20.1 Å². The summed E-state index contributed by atoms with van der Waals surface area (Å²) in [7, 11) is 2.03. The molecule has 2 rings (SSSR count). The van der Waals surface area contributed by atoms with Gasteiger partial charge in [-0.3, -0.25) is 0 Å². The van der Waals surface area contributed by atoms with Gasteiger partial charge < -0.3 is 10.2 Å². The minimum Gasteiger partial charge on any atom is -0.371 e. The first-order chi connectivity index (χ1) is 9.02. The van der Waals surface area contributed by atoms with Crippen molar-refractivity contribution in [1.82, 2.24) is 5.32 Å². The second-order valence-electron chi connectivity index (χ2n) is 5.95. The number of nitrogens with one attached hydrogen (secondary N) is 1. The summed E-state index contributed by atoms with van der Waals surface area (Å²) in [6.07, 6.45) is 1.32. The largest absolute Gasteiger partial charge is 0.371 e. The van der Waals surface area contributed by atoms with Crippen LogP contribution in [0.25, 0.3) is 0 Å². The Morgan fingerprint density at radius 3 is 2.63 bits per heavy atom. The molecule has 0 saturated carbocycles. The molecule has 0 aromatic heterocycles. The van der Waals surface area contributed by atoms with E-state index >= 15 is 0 Å². The molecule has 1 saturated heterocycles. The molecule has 2 unspecified atom stereocenters. The Morgan fingerprint density at radius 2 is 2.05 bits per heavy atom. The lowest BCUT2D eigenvalue weighted by Gasteiger charge is -2.25. The summed E-state index contributed by atoms with van der Waals surface area (Å²) in [5, 5.41) is 3.36. The number of anilines is 1. The van der Waals surface area contributed by atoms with E-state index in [0.29, 0.717) is 6.04 Å². The number of benzene rings is 1. The Morgan fingerprint density at radius 1 is 1.32 bits per heavy atom. The fraction of sp³-hybridized carbons (Fsp3) is 0.625. The zero-order chi connectivity index (χ0) is 14.0. The van der Waals surface area contributed by atoms with Crippen LogP contribution >= 0.6 is 15.9 Å². The molecule has 0 amide bonds. The molecule has 1 aromatic carbocycles. The van der Waals surface area contributed by atoms with Gasteiger partial charge in [-0.2, -0.15) is 0 Å². The summed E-state index contributed by atoms with van der Waals surface area (Å²) in [5.74, 6) is 1.61. The first kappa shape index (κ1) is 14.9.